The normalized spacial score (nSPS) is 20.4. The molecule has 4 aromatic heterocycles. The Morgan fingerprint density at radius 3 is 2.77 bits per heavy atom. The maximum Gasteiger partial charge on any atom is 0.280 e. The summed E-state index contributed by atoms with van der Waals surface area (Å²) in [5.74, 6) is 1.11. The lowest BCUT2D eigenvalue weighted by Crippen LogP contribution is -2.43. The average molecular weight is 511 g/mol. The van der Waals surface area contributed by atoms with E-state index in [1.54, 1.807) is 12.4 Å². The molecule has 5 rings (SSSR count). The van der Waals surface area contributed by atoms with Crippen LogP contribution < -0.4 is 5.32 Å². The van der Waals surface area contributed by atoms with Gasteiger partial charge in [-0.25, -0.2) is 9.97 Å². The number of aromatic nitrogens is 5. The van der Waals surface area contributed by atoms with Gasteiger partial charge >= 0.3 is 0 Å². The van der Waals surface area contributed by atoms with Gasteiger partial charge in [0.15, 0.2) is 5.01 Å². The summed E-state index contributed by atoms with van der Waals surface area (Å²) in [6.07, 6.45) is 7.05. The number of rotatable bonds is 6. The zero-order valence-electron chi connectivity index (χ0n) is 19.6. The first-order chi connectivity index (χ1) is 16.9. The maximum absolute atomic E-state index is 12.7. The van der Waals surface area contributed by atoms with Crippen molar-refractivity contribution in [3.63, 3.8) is 0 Å². The minimum atomic E-state index is -0.541. The Balaban J connectivity index is 1.49. The molecule has 0 spiro atoms. The molecular formula is C25H27ClN6O2S. The molecule has 1 aliphatic carbocycles. The molecular weight excluding hydrogens is 484 g/mol. The van der Waals surface area contributed by atoms with Gasteiger partial charge in [0.05, 0.1) is 35.4 Å². The van der Waals surface area contributed by atoms with Crippen LogP contribution >= 0.6 is 22.9 Å². The Kier molecular flexibility index (Phi) is 6.82. The molecule has 0 saturated heterocycles. The second-order valence-corrected chi connectivity index (χ2v) is 11.1. The summed E-state index contributed by atoms with van der Waals surface area (Å²) in [4.78, 5) is 30.8. The summed E-state index contributed by atoms with van der Waals surface area (Å²) < 4.78 is 2.71. The van der Waals surface area contributed by atoms with Crippen molar-refractivity contribution in [1.29, 1.82) is 0 Å². The summed E-state index contributed by atoms with van der Waals surface area (Å²) in [7, 11) is 0. The molecule has 1 fully saturated rings. The minimum Gasteiger partial charge on any atom is -0.393 e. The number of carbonyl (C=O) groups is 1. The number of pyridine rings is 2. The molecule has 0 radical (unpaired) electrons. The predicted molar refractivity (Wildman–Crippen MR) is 137 cm³/mol. The van der Waals surface area contributed by atoms with E-state index in [0.717, 1.165) is 46.0 Å². The molecule has 4 heterocycles. The van der Waals surface area contributed by atoms with Crippen LogP contribution in [0.2, 0.25) is 4.34 Å². The summed E-state index contributed by atoms with van der Waals surface area (Å²) >= 11 is 7.09. The number of nitrogens with zero attached hydrogens (tertiary/aromatic N) is 5. The molecule has 4 aromatic rings. The molecule has 0 bridgehead atoms. The van der Waals surface area contributed by atoms with Crippen molar-refractivity contribution in [3.05, 3.63) is 58.0 Å². The standard InChI is InChI=1S/C25H27ClN6O2S/c1-14(2)7-23-31-20-12-28-19(18-5-3-4-6-27-18)11-21(20)32(23)16-8-15(9-17(33)10-16)30-24(34)25-29-13-22(26)35-25/h3-6,11-17,33H,7-10H2,1-2H3,(H,30,34)/t15?,16-,17-/m0/s1. The van der Waals surface area contributed by atoms with Crippen LogP contribution in [0.25, 0.3) is 22.4 Å². The van der Waals surface area contributed by atoms with Gasteiger partial charge in [0.1, 0.15) is 15.7 Å². The van der Waals surface area contributed by atoms with Crippen molar-refractivity contribution in [2.24, 2.45) is 5.92 Å². The largest absolute Gasteiger partial charge is 0.393 e. The Morgan fingerprint density at radius 2 is 2.06 bits per heavy atom. The fraction of sp³-hybridized carbons (Fsp3) is 0.400. The zero-order valence-corrected chi connectivity index (χ0v) is 21.1. The number of hydrogen-bond acceptors (Lipinski definition) is 7. The molecule has 2 N–H and O–H groups in total. The van der Waals surface area contributed by atoms with Gasteiger partial charge in [-0.1, -0.05) is 42.9 Å². The molecule has 35 heavy (non-hydrogen) atoms. The molecule has 1 unspecified atom stereocenters. The molecule has 0 aliphatic heterocycles. The highest BCUT2D eigenvalue weighted by Crippen LogP contribution is 2.35. The smallest absolute Gasteiger partial charge is 0.280 e. The van der Waals surface area contributed by atoms with Crippen molar-refractivity contribution in [1.82, 2.24) is 29.8 Å². The number of aliphatic hydroxyl groups excluding tert-OH is 1. The highest BCUT2D eigenvalue weighted by atomic mass is 35.5. The molecule has 0 aromatic carbocycles. The number of fused-ring (bicyclic) bond motifs is 1. The fourth-order valence-corrected chi connectivity index (χ4v) is 5.63. The summed E-state index contributed by atoms with van der Waals surface area (Å²) in [6, 6.07) is 7.56. The number of halogens is 1. The fourth-order valence-electron chi connectivity index (χ4n) is 4.81. The number of amides is 1. The van der Waals surface area contributed by atoms with E-state index >= 15 is 0 Å². The average Bonchev–Trinajstić information content (AvgIpc) is 3.41. The molecule has 1 amide bonds. The van der Waals surface area contributed by atoms with E-state index in [2.05, 4.69) is 38.7 Å². The number of aliphatic hydroxyl groups is 1. The van der Waals surface area contributed by atoms with Crippen molar-refractivity contribution >= 4 is 39.9 Å². The minimum absolute atomic E-state index is 0.0262. The Bertz CT molecular complexity index is 1340. The third-order valence-electron chi connectivity index (χ3n) is 6.20. The van der Waals surface area contributed by atoms with Gasteiger partial charge in [-0.2, -0.15) is 0 Å². The number of imidazole rings is 1. The second-order valence-electron chi connectivity index (χ2n) is 9.42. The van der Waals surface area contributed by atoms with Crippen LogP contribution in [0.3, 0.4) is 0 Å². The van der Waals surface area contributed by atoms with Crippen LogP contribution in [-0.4, -0.2) is 47.7 Å². The molecule has 1 aliphatic rings. The SMILES string of the molecule is CC(C)Cc1nc2cnc(-c3ccccn3)cc2n1[C@H]1CC(NC(=O)c2ncc(Cl)s2)C[C@H](O)C1. The van der Waals surface area contributed by atoms with Crippen LogP contribution in [0, 0.1) is 5.92 Å². The van der Waals surface area contributed by atoms with Gasteiger partial charge < -0.3 is 15.0 Å². The summed E-state index contributed by atoms with van der Waals surface area (Å²) in [5, 5.41) is 14.1. The topological polar surface area (TPSA) is 106 Å². The van der Waals surface area contributed by atoms with Gasteiger partial charge in [-0.15, -0.1) is 0 Å². The van der Waals surface area contributed by atoms with E-state index in [1.807, 2.05) is 24.3 Å². The van der Waals surface area contributed by atoms with Gasteiger partial charge in [-0.3, -0.25) is 14.8 Å². The summed E-state index contributed by atoms with van der Waals surface area (Å²) in [5.41, 5.74) is 3.35. The van der Waals surface area contributed by atoms with Crippen molar-refractivity contribution < 1.29 is 9.90 Å². The van der Waals surface area contributed by atoms with Crippen LogP contribution in [0.1, 0.15) is 54.8 Å². The maximum atomic E-state index is 12.7. The molecule has 8 nitrogen and oxygen atoms in total. The summed E-state index contributed by atoms with van der Waals surface area (Å²) in [6.45, 7) is 4.33. The predicted octanol–water partition coefficient (Wildman–Crippen LogP) is 4.69. The number of thiazole rings is 1. The number of carbonyl (C=O) groups excluding carboxylic acids is 1. The molecule has 182 valence electrons. The zero-order chi connectivity index (χ0) is 24.5. The monoisotopic (exact) mass is 510 g/mol. The Hall–Kier alpha value is -2.88. The third-order valence-corrected chi connectivity index (χ3v) is 7.31. The van der Waals surface area contributed by atoms with Gasteiger partial charge in [-0.05, 0) is 43.4 Å². The highest BCUT2D eigenvalue weighted by Gasteiger charge is 2.32. The first-order valence-electron chi connectivity index (χ1n) is 11.8. The molecule has 1 saturated carbocycles. The molecule has 10 heteroatoms. The quantitative estimate of drug-likeness (QED) is 0.390. The van der Waals surface area contributed by atoms with Crippen molar-refractivity contribution in [2.45, 2.75) is 57.7 Å². The van der Waals surface area contributed by atoms with Gasteiger partial charge in [0.2, 0.25) is 0 Å². The first-order valence-corrected chi connectivity index (χ1v) is 13.0. The van der Waals surface area contributed by atoms with E-state index in [0.29, 0.717) is 34.5 Å². The number of hydrogen-bond donors (Lipinski definition) is 2. The van der Waals surface area contributed by atoms with Crippen LogP contribution in [0.4, 0.5) is 0 Å². The lowest BCUT2D eigenvalue weighted by atomic mass is 9.88. The number of nitrogens with one attached hydrogen (secondary N) is 1. The van der Waals surface area contributed by atoms with E-state index in [1.165, 1.54) is 6.20 Å². The first kappa shape index (κ1) is 23.8. The van der Waals surface area contributed by atoms with Crippen molar-refractivity contribution in [2.75, 3.05) is 0 Å². The van der Waals surface area contributed by atoms with Crippen LogP contribution in [0.5, 0.6) is 0 Å². The second kappa shape index (κ2) is 10.0. The van der Waals surface area contributed by atoms with E-state index in [-0.39, 0.29) is 18.0 Å². The highest BCUT2D eigenvalue weighted by molar-refractivity contribution is 7.17. The van der Waals surface area contributed by atoms with Crippen LogP contribution in [0.15, 0.2) is 42.9 Å². The lowest BCUT2D eigenvalue weighted by molar-refractivity contribution is 0.0740. The molecule has 3 atom stereocenters. The van der Waals surface area contributed by atoms with Crippen LogP contribution in [-0.2, 0) is 6.42 Å². The van der Waals surface area contributed by atoms with E-state index in [9.17, 15) is 9.90 Å². The van der Waals surface area contributed by atoms with Gasteiger partial charge in [0, 0.05) is 24.7 Å². The Labute approximate surface area is 212 Å². The van der Waals surface area contributed by atoms with E-state index in [4.69, 9.17) is 16.6 Å². The van der Waals surface area contributed by atoms with Gasteiger partial charge in [0.25, 0.3) is 5.91 Å². The Morgan fingerprint density at radius 1 is 1.20 bits per heavy atom. The van der Waals surface area contributed by atoms with Crippen molar-refractivity contribution in [3.8, 4) is 11.4 Å². The lowest BCUT2D eigenvalue weighted by Gasteiger charge is -2.34. The van der Waals surface area contributed by atoms with E-state index < -0.39 is 6.10 Å². The third kappa shape index (κ3) is 5.22.